The number of rotatable bonds is 6. The van der Waals surface area contributed by atoms with Crippen molar-refractivity contribution in [3.8, 4) is 5.75 Å². The van der Waals surface area contributed by atoms with E-state index in [0.717, 1.165) is 12.2 Å². The minimum absolute atomic E-state index is 0.0440. The third-order valence-electron chi connectivity index (χ3n) is 3.18. The predicted molar refractivity (Wildman–Crippen MR) is 77.4 cm³/mol. The minimum atomic E-state index is -0.0440. The number of carbonyl (C=O) groups excluding carboxylic acids is 1. The van der Waals surface area contributed by atoms with Crippen molar-refractivity contribution in [1.29, 1.82) is 0 Å². The maximum Gasteiger partial charge on any atom is 0.258 e. The van der Waals surface area contributed by atoms with Gasteiger partial charge in [-0.05, 0) is 30.7 Å². The second kappa shape index (κ2) is 7.38. The van der Waals surface area contributed by atoms with Crippen molar-refractivity contribution in [2.45, 2.75) is 37.5 Å². The summed E-state index contributed by atoms with van der Waals surface area (Å²) in [5.74, 6) is 1.68. The Hall–Kier alpha value is -1.23. The van der Waals surface area contributed by atoms with Crippen molar-refractivity contribution in [3.05, 3.63) is 24.5 Å². The number of hydrogen-bond acceptors (Lipinski definition) is 4. The van der Waals surface area contributed by atoms with E-state index in [1.165, 1.54) is 12.8 Å². The molecular formula is C14H20N2O2S. The number of ether oxygens (including phenoxy) is 1. The Balaban J connectivity index is 1.75. The topological polar surface area (TPSA) is 51.2 Å². The molecule has 19 heavy (non-hydrogen) atoms. The van der Waals surface area contributed by atoms with E-state index in [2.05, 4.69) is 17.2 Å². The van der Waals surface area contributed by atoms with E-state index < -0.39 is 0 Å². The Bertz CT molecular complexity index is 400. The molecule has 4 nitrogen and oxygen atoms in total. The molecule has 0 aliphatic heterocycles. The van der Waals surface area contributed by atoms with Gasteiger partial charge in [-0.2, -0.15) is 11.8 Å². The van der Waals surface area contributed by atoms with E-state index in [0.29, 0.717) is 17.0 Å². The molecule has 2 atom stereocenters. The second-order valence-electron chi connectivity index (χ2n) is 4.58. The van der Waals surface area contributed by atoms with Crippen molar-refractivity contribution in [2.75, 3.05) is 12.4 Å². The highest BCUT2D eigenvalue weighted by molar-refractivity contribution is 7.99. The van der Waals surface area contributed by atoms with E-state index in [1.807, 2.05) is 11.8 Å². The summed E-state index contributed by atoms with van der Waals surface area (Å²) in [6, 6.07) is 3.89. The monoisotopic (exact) mass is 280 g/mol. The van der Waals surface area contributed by atoms with Gasteiger partial charge >= 0.3 is 0 Å². The van der Waals surface area contributed by atoms with Crippen molar-refractivity contribution >= 4 is 17.7 Å². The molecule has 5 heteroatoms. The molecule has 1 heterocycles. The number of thioether (sulfide) groups is 1. The number of nitrogens with zero attached hydrogens (tertiary/aromatic N) is 1. The van der Waals surface area contributed by atoms with Crippen LogP contribution in [0.2, 0.25) is 0 Å². The molecule has 0 spiro atoms. The number of aromatic nitrogens is 1. The van der Waals surface area contributed by atoms with Crippen LogP contribution >= 0.6 is 11.8 Å². The summed E-state index contributed by atoms with van der Waals surface area (Å²) in [4.78, 5) is 15.8. The lowest BCUT2D eigenvalue weighted by Crippen LogP contribution is -2.41. The zero-order valence-electron chi connectivity index (χ0n) is 11.2. The molecule has 2 unspecified atom stereocenters. The van der Waals surface area contributed by atoms with Gasteiger partial charge in [-0.25, -0.2) is 0 Å². The third kappa shape index (κ3) is 4.42. The maximum absolute atomic E-state index is 11.9. The minimum Gasteiger partial charge on any atom is -0.482 e. The van der Waals surface area contributed by atoms with Gasteiger partial charge in [0, 0.05) is 17.5 Å². The molecule has 1 amide bonds. The lowest BCUT2D eigenvalue weighted by atomic mass is 10.2. The molecule has 1 N–H and O–H groups in total. The average Bonchev–Trinajstić information content (AvgIpc) is 2.85. The molecule has 2 rings (SSSR count). The van der Waals surface area contributed by atoms with Gasteiger partial charge in [0.15, 0.2) is 6.61 Å². The van der Waals surface area contributed by atoms with E-state index in [-0.39, 0.29) is 12.5 Å². The first-order chi connectivity index (χ1) is 9.29. The molecule has 0 bridgehead atoms. The van der Waals surface area contributed by atoms with Gasteiger partial charge in [-0.1, -0.05) is 13.3 Å². The van der Waals surface area contributed by atoms with Crippen molar-refractivity contribution in [1.82, 2.24) is 10.3 Å². The Labute approximate surface area is 118 Å². The van der Waals surface area contributed by atoms with Crippen LogP contribution in [0.4, 0.5) is 0 Å². The van der Waals surface area contributed by atoms with Crippen LogP contribution in [0.15, 0.2) is 24.5 Å². The summed E-state index contributed by atoms with van der Waals surface area (Å²) in [5.41, 5.74) is 0. The van der Waals surface area contributed by atoms with Crippen molar-refractivity contribution < 1.29 is 9.53 Å². The van der Waals surface area contributed by atoms with Crippen LogP contribution < -0.4 is 10.1 Å². The standard InChI is InChI=1S/C14H20N2O2S/c1-2-19-13-7-3-6-12(13)16-14(17)10-18-11-5-4-8-15-9-11/h4-5,8-9,12-13H,2-3,6-7,10H2,1H3,(H,16,17). The molecule has 0 radical (unpaired) electrons. The summed E-state index contributed by atoms with van der Waals surface area (Å²) in [5, 5.41) is 3.64. The molecule has 1 aliphatic rings. The molecular weight excluding hydrogens is 260 g/mol. The summed E-state index contributed by atoms with van der Waals surface area (Å²) in [6.45, 7) is 2.22. The molecule has 1 aromatic heterocycles. The Kier molecular flexibility index (Phi) is 5.51. The van der Waals surface area contributed by atoms with E-state index >= 15 is 0 Å². The first kappa shape index (κ1) is 14.2. The van der Waals surface area contributed by atoms with E-state index in [1.54, 1.807) is 24.5 Å². The van der Waals surface area contributed by atoms with Crippen LogP contribution in [-0.2, 0) is 4.79 Å². The fraction of sp³-hybridized carbons (Fsp3) is 0.571. The lowest BCUT2D eigenvalue weighted by Gasteiger charge is -2.20. The van der Waals surface area contributed by atoms with Crippen molar-refractivity contribution in [3.63, 3.8) is 0 Å². The highest BCUT2D eigenvalue weighted by Gasteiger charge is 2.28. The highest BCUT2D eigenvalue weighted by atomic mass is 32.2. The Morgan fingerprint density at radius 3 is 3.21 bits per heavy atom. The molecule has 0 saturated heterocycles. The van der Waals surface area contributed by atoms with Gasteiger partial charge in [-0.3, -0.25) is 9.78 Å². The number of pyridine rings is 1. The molecule has 104 valence electrons. The van der Waals surface area contributed by atoms with Crippen LogP contribution in [0.25, 0.3) is 0 Å². The Morgan fingerprint density at radius 2 is 2.47 bits per heavy atom. The SMILES string of the molecule is CCSC1CCCC1NC(=O)COc1cccnc1. The first-order valence-electron chi connectivity index (χ1n) is 6.73. The van der Waals surface area contributed by atoms with Gasteiger partial charge in [0.1, 0.15) is 5.75 Å². The fourth-order valence-electron chi connectivity index (χ4n) is 2.33. The number of amides is 1. The van der Waals surface area contributed by atoms with Crippen LogP contribution in [0.3, 0.4) is 0 Å². The molecule has 1 fully saturated rings. The van der Waals surface area contributed by atoms with E-state index in [9.17, 15) is 4.79 Å². The van der Waals surface area contributed by atoms with Gasteiger partial charge < -0.3 is 10.1 Å². The molecule has 1 aromatic rings. The molecule has 1 saturated carbocycles. The quantitative estimate of drug-likeness (QED) is 0.868. The summed E-state index contributed by atoms with van der Waals surface area (Å²) >= 11 is 1.94. The summed E-state index contributed by atoms with van der Waals surface area (Å²) < 4.78 is 5.39. The van der Waals surface area contributed by atoms with Crippen LogP contribution in [-0.4, -0.2) is 34.5 Å². The van der Waals surface area contributed by atoms with Gasteiger partial charge in [0.25, 0.3) is 5.91 Å². The van der Waals surface area contributed by atoms with Gasteiger partial charge in [0.05, 0.1) is 6.20 Å². The normalized spacial score (nSPS) is 22.2. The highest BCUT2D eigenvalue weighted by Crippen LogP contribution is 2.29. The number of carbonyl (C=O) groups is 1. The lowest BCUT2D eigenvalue weighted by molar-refractivity contribution is -0.123. The first-order valence-corrected chi connectivity index (χ1v) is 7.78. The van der Waals surface area contributed by atoms with Gasteiger partial charge in [-0.15, -0.1) is 0 Å². The largest absolute Gasteiger partial charge is 0.482 e. The van der Waals surface area contributed by atoms with E-state index in [4.69, 9.17) is 4.74 Å². The smallest absolute Gasteiger partial charge is 0.258 e. The molecule has 1 aliphatic carbocycles. The van der Waals surface area contributed by atoms with Crippen LogP contribution in [0.1, 0.15) is 26.2 Å². The van der Waals surface area contributed by atoms with Crippen LogP contribution in [0, 0.1) is 0 Å². The zero-order chi connectivity index (χ0) is 13.5. The fourth-order valence-corrected chi connectivity index (χ4v) is 3.53. The summed E-state index contributed by atoms with van der Waals surface area (Å²) in [7, 11) is 0. The average molecular weight is 280 g/mol. The number of nitrogens with one attached hydrogen (secondary N) is 1. The number of hydrogen-bond donors (Lipinski definition) is 1. The second-order valence-corrected chi connectivity index (χ2v) is 6.09. The molecule has 0 aromatic carbocycles. The van der Waals surface area contributed by atoms with Gasteiger partial charge in [0.2, 0.25) is 0 Å². The Morgan fingerprint density at radius 1 is 1.58 bits per heavy atom. The zero-order valence-corrected chi connectivity index (χ0v) is 12.0. The summed E-state index contributed by atoms with van der Waals surface area (Å²) in [6.07, 6.45) is 6.77. The van der Waals surface area contributed by atoms with Crippen LogP contribution in [0.5, 0.6) is 5.75 Å². The predicted octanol–water partition coefficient (Wildman–Crippen LogP) is 2.25. The van der Waals surface area contributed by atoms with Crippen molar-refractivity contribution in [2.24, 2.45) is 0 Å². The third-order valence-corrected chi connectivity index (χ3v) is 4.51. The maximum atomic E-state index is 11.9.